The van der Waals surface area contributed by atoms with E-state index in [2.05, 4.69) is 13.8 Å². The second-order valence-corrected chi connectivity index (χ2v) is 12.4. The molecule has 6 heteroatoms. The Morgan fingerprint density at radius 3 is 2.58 bits per heavy atom. The van der Waals surface area contributed by atoms with E-state index in [1.165, 1.54) is 0 Å². The molecular formula is C27H36Cl2O4. The minimum absolute atomic E-state index is 0.00274. The van der Waals surface area contributed by atoms with Crippen LogP contribution >= 0.6 is 23.2 Å². The topological polar surface area (TPSA) is 60.4 Å². The third-order valence-electron chi connectivity index (χ3n) is 9.67. The molecule has 3 fully saturated rings. The molecule has 3 saturated carbocycles. The first-order valence-corrected chi connectivity index (χ1v) is 13.2. The normalized spacial score (nSPS) is 46.2. The van der Waals surface area contributed by atoms with E-state index in [9.17, 15) is 14.4 Å². The molecule has 0 radical (unpaired) electrons. The summed E-state index contributed by atoms with van der Waals surface area (Å²) in [7, 11) is 0. The molecule has 0 aromatic heterocycles. The molecule has 4 aliphatic carbocycles. The van der Waals surface area contributed by atoms with Crippen LogP contribution in [0.2, 0.25) is 0 Å². The van der Waals surface area contributed by atoms with Crippen LogP contribution in [0.1, 0.15) is 79.6 Å². The van der Waals surface area contributed by atoms with Gasteiger partial charge in [-0.25, -0.2) is 0 Å². The molecule has 0 aromatic rings. The Bertz CT molecular complexity index is 940. The number of carbonyl (C=O) groups is 3. The highest BCUT2D eigenvalue weighted by Crippen LogP contribution is 2.72. The summed E-state index contributed by atoms with van der Waals surface area (Å²) < 4.78 is 6.19. The van der Waals surface area contributed by atoms with Crippen LogP contribution in [0.15, 0.2) is 23.8 Å². The molecule has 0 amide bonds. The van der Waals surface area contributed by atoms with Crippen molar-refractivity contribution < 1.29 is 19.1 Å². The molecule has 182 valence electrons. The van der Waals surface area contributed by atoms with Gasteiger partial charge in [0.1, 0.15) is 0 Å². The number of esters is 1. The summed E-state index contributed by atoms with van der Waals surface area (Å²) in [4.78, 5) is 37.5. The Hall–Kier alpha value is -1.13. The molecule has 0 N–H and O–H groups in total. The van der Waals surface area contributed by atoms with Gasteiger partial charge in [-0.15, -0.1) is 23.2 Å². The number of Topliss-reactive ketones (excluding diaryl/α,β-unsaturated/α-hetero) is 1. The fourth-order valence-corrected chi connectivity index (χ4v) is 9.29. The van der Waals surface area contributed by atoms with Gasteiger partial charge in [-0.2, -0.15) is 0 Å². The van der Waals surface area contributed by atoms with Crippen LogP contribution in [0, 0.1) is 28.6 Å². The maximum absolute atomic E-state index is 13.3. The Morgan fingerprint density at radius 2 is 1.94 bits per heavy atom. The average molecular weight is 495 g/mol. The lowest BCUT2D eigenvalue weighted by atomic mass is 9.46. The standard InChI is InChI=1S/C27H36Cl2O4/c1-6-7-8-23(32)33-27(17(3)30)16(2)13-21-20-10-9-18-14-19(31)11-12-24(18,4)26(20,29)22(28)15-25(21,27)5/h11-12,14,16,20-22H,6-10,13,15H2,1-5H3/t16-,20-,21-,22-,24-,25-,26-,27-/m0/s1. The molecule has 0 bridgehead atoms. The van der Waals surface area contributed by atoms with Gasteiger partial charge < -0.3 is 4.74 Å². The number of unbranched alkanes of at least 4 members (excludes halogenated alkanes) is 1. The molecule has 4 rings (SSSR count). The lowest BCUT2D eigenvalue weighted by molar-refractivity contribution is -0.192. The summed E-state index contributed by atoms with van der Waals surface area (Å²) in [5, 5.41) is -0.449. The van der Waals surface area contributed by atoms with Crippen LogP contribution in [0.25, 0.3) is 0 Å². The van der Waals surface area contributed by atoms with E-state index in [0.29, 0.717) is 12.8 Å². The summed E-state index contributed by atoms with van der Waals surface area (Å²) in [6.07, 6.45) is 10.1. The van der Waals surface area contributed by atoms with Crippen molar-refractivity contribution in [3.63, 3.8) is 0 Å². The van der Waals surface area contributed by atoms with Gasteiger partial charge >= 0.3 is 5.97 Å². The first-order chi connectivity index (χ1) is 15.4. The Kier molecular flexibility index (Phi) is 6.22. The zero-order chi connectivity index (χ0) is 24.4. The zero-order valence-electron chi connectivity index (χ0n) is 20.4. The molecule has 4 aliphatic rings. The van der Waals surface area contributed by atoms with E-state index in [1.807, 2.05) is 19.9 Å². The summed E-state index contributed by atoms with van der Waals surface area (Å²) in [6.45, 7) is 9.81. The second kappa shape index (κ2) is 8.22. The summed E-state index contributed by atoms with van der Waals surface area (Å²) in [5.74, 6) is -0.389. The molecule has 0 saturated heterocycles. The van der Waals surface area contributed by atoms with E-state index >= 15 is 0 Å². The minimum atomic E-state index is -1.19. The molecule has 0 unspecified atom stereocenters. The van der Waals surface area contributed by atoms with Crippen molar-refractivity contribution in [2.24, 2.45) is 28.6 Å². The minimum Gasteiger partial charge on any atom is -0.450 e. The highest BCUT2D eigenvalue weighted by Gasteiger charge is 2.75. The number of ketones is 2. The van der Waals surface area contributed by atoms with E-state index < -0.39 is 26.7 Å². The van der Waals surface area contributed by atoms with Gasteiger partial charge in [0.15, 0.2) is 17.2 Å². The van der Waals surface area contributed by atoms with Crippen LogP contribution in [0.4, 0.5) is 0 Å². The summed E-state index contributed by atoms with van der Waals surface area (Å²) >= 11 is 14.8. The van der Waals surface area contributed by atoms with Crippen LogP contribution in [-0.2, 0) is 19.1 Å². The highest BCUT2D eigenvalue weighted by molar-refractivity contribution is 6.34. The van der Waals surface area contributed by atoms with Crippen molar-refractivity contribution >= 4 is 40.7 Å². The highest BCUT2D eigenvalue weighted by atomic mass is 35.5. The zero-order valence-corrected chi connectivity index (χ0v) is 21.9. The lowest BCUT2D eigenvalue weighted by Crippen LogP contribution is -2.68. The van der Waals surface area contributed by atoms with Crippen LogP contribution < -0.4 is 0 Å². The fourth-order valence-electron chi connectivity index (χ4n) is 8.06. The van der Waals surface area contributed by atoms with Gasteiger partial charge in [0, 0.05) is 23.2 Å². The van der Waals surface area contributed by atoms with Crippen molar-refractivity contribution in [2.45, 2.75) is 95.4 Å². The largest absolute Gasteiger partial charge is 0.450 e. The number of hydrogen-bond donors (Lipinski definition) is 0. The number of alkyl halides is 2. The van der Waals surface area contributed by atoms with Crippen molar-refractivity contribution in [2.75, 3.05) is 0 Å². The fraction of sp³-hybridized carbons (Fsp3) is 0.741. The number of carbonyl (C=O) groups excluding carboxylic acids is 3. The van der Waals surface area contributed by atoms with E-state index in [4.69, 9.17) is 27.9 Å². The van der Waals surface area contributed by atoms with Gasteiger partial charge in [0.25, 0.3) is 0 Å². The molecule has 4 nitrogen and oxygen atoms in total. The Morgan fingerprint density at radius 1 is 1.24 bits per heavy atom. The molecular weight excluding hydrogens is 459 g/mol. The van der Waals surface area contributed by atoms with Crippen molar-refractivity contribution in [1.29, 1.82) is 0 Å². The lowest BCUT2D eigenvalue weighted by Gasteiger charge is -2.64. The average Bonchev–Trinajstić information content (AvgIpc) is 2.96. The smallest absolute Gasteiger partial charge is 0.306 e. The van der Waals surface area contributed by atoms with Gasteiger partial charge in [0.05, 0.1) is 10.3 Å². The summed E-state index contributed by atoms with van der Waals surface area (Å²) in [6, 6.07) is 0. The maximum atomic E-state index is 13.3. The van der Waals surface area contributed by atoms with Gasteiger partial charge in [0.2, 0.25) is 0 Å². The molecule has 0 heterocycles. The van der Waals surface area contributed by atoms with E-state index in [-0.39, 0.29) is 35.3 Å². The second-order valence-electron chi connectivity index (χ2n) is 11.2. The number of allylic oxidation sites excluding steroid dienone is 4. The molecule has 8 atom stereocenters. The Balaban J connectivity index is 1.78. The predicted molar refractivity (Wildman–Crippen MR) is 130 cm³/mol. The SMILES string of the molecule is CCCCC(=O)O[C@]1(C(C)=O)[C@@H](C)C[C@H]2[C@@H]3CCC4=CC(=O)C=C[C@]4(C)[C@@]3(Cl)[C@@H](Cl)C[C@@]21C. The number of rotatable bonds is 5. The van der Waals surface area contributed by atoms with Crippen molar-refractivity contribution in [3.05, 3.63) is 23.8 Å². The van der Waals surface area contributed by atoms with Crippen molar-refractivity contribution in [3.8, 4) is 0 Å². The monoisotopic (exact) mass is 494 g/mol. The number of ether oxygens (including phenoxy) is 1. The van der Waals surface area contributed by atoms with Crippen molar-refractivity contribution in [1.82, 2.24) is 0 Å². The number of hydrogen-bond acceptors (Lipinski definition) is 4. The number of fused-ring (bicyclic) bond motifs is 5. The first kappa shape index (κ1) is 25.0. The Labute approximate surface area is 207 Å². The third kappa shape index (κ3) is 3.19. The molecule has 33 heavy (non-hydrogen) atoms. The van der Waals surface area contributed by atoms with Crippen LogP contribution in [-0.4, -0.2) is 33.4 Å². The number of halogens is 2. The van der Waals surface area contributed by atoms with E-state index in [0.717, 1.165) is 37.7 Å². The molecule has 0 aromatic carbocycles. The molecule has 0 aliphatic heterocycles. The maximum Gasteiger partial charge on any atom is 0.306 e. The third-order valence-corrected chi connectivity index (χ3v) is 11.2. The predicted octanol–water partition coefficient (Wildman–Crippen LogP) is 6.18. The first-order valence-electron chi connectivity index (χ1n) is 12.4. The molecule has 0 spiro atoms. The summed E-state index contributed by atoms with van der Waals surface area (Å²) in [5.41, 5.74) is -1.27. The van der Waals surface area contributed by atoms with Gasteiger partial charge in [-0.05, 0) is 63.0 Å². The van der Waals surface area contributed by atoms with Crippen LogP contribution in [0.3, 0.4) is 0 Å². The quantitative estimate of drug-likeness (QED) is 0.338. The van der Waals surface area contributed by atoms with Gasteiger partial charge in [-0.1, -0.05) is 45.8 Å². The van der Waals surface area contributed by atoms with E-state index in [1.54, 1.807) is 19.1 Å². The van der Waals surface area contributed by atoms with Crippen LogP contribution in [0.5, 0.6) is 0 Å². The van der Waals surface area contributed by atoms with Gasteiger partial charge in [-0.3, -0.25) is 14.4 Å².